The van der Waals surface area contributed by atoms with Gasteiger partial charge in [-0.05, 0) is 44.0 Å². The van der Waals surface area contributed by atoms with Gasteiger partial charge in [-0.2, -0.15) is 0 Å². The van der Waals surface area contributed by atoms with Crippen molar-refractivity contribution in [3.05, 3.63) is 59.7 Å². The normalized spacial score (nSPS) is 23.9. The molecule has 142 valence electrons. The Balaban J connectivity index is 1.50. The summed E-state index contributed by atoms with van der Waals surface area (Å²) >= 11 is 0. The number of rotatable bonds is 4. The molecule has 1 saturated heterocycles. The maximum atomic E-state index is 4.42. The Kier molecular flexibility index (Phi) is 5.12. The van der Waals surface area contributed by atoms with Crippen molar-refractivity contribution in [3.63, 3.8) is 0 Å². The van der Waals surface area contributed by atoms with Gasteiger partial charge in [-0.15, -0.1) is 0 Å². The summed E-state index contributed by atoms with van der Waals surface area (Å²) in [6, 6.07) is 6.85. The lowest BCUT2D eigenvalue weighted by atomic mass is 9.97. The van der Waals surface area contributed by atoms with Crippen LogP contribution in [-0.2, 0) is 6.54 Å². The minimum Gasteiger partial charge on any atom is -0.380 e. The second-order valence-corrected chi connectivity index (χ2v) is 7.92. The van der Waals surface area contributed by atoms with Gasteiger partial charge in [0.15, 0.2) is 0 Å². The van der Waals surface area contributed by atoms with Gasteiger partial charge in [0.05, 0.1) is 22.4 Å². The molecule has 5 heteroatoms. The molecule has 1 aliphatic carbocycles. The zero-order chi connectivity index (χ0) is 18.8. The quantitative estimate of drug-likeness (QED) is 0.904. The van der Waals surface area contributed by atoms with Crippen molar-refractivity contribution in [2.45, 2.75) is 32.9 Å². The van der Waals surface area contributed by atoms with Crippen LogP contribution >= 0.6 is 0 Å². The van der Waals surface area contributed by atoms with Crippen LogP contribution in [0.15, 0.2) is 54.1 Å². The van der Waals surface area contributed by atoms with Gasteiger partial charge >= 0.3 is 0 Å². The predicted molar refractivity (Wildman–Crippen MR) is 110 cm³/mol. The van der Waals surface area contributed by atoms with Crippen molar-refractivity contribution < 1.29 is 0 Å². The zero-order valence-electron chi connectivity index (χ0n) is 16.5. The fourth-order valence-corrected chi connectivity index (χ4v) is 4.06. The van der Waals surface area contributed by atoms with E-state index in [1.54, 1.807) is 12.4 Å². The second-order valence-electron chi connectivity index (χ2n) is 7.92. The van der Waals surface area contributed by atoms with Gasteiger partial charge in [0.1, 0.15) is 0 Å². The van der Waals surface area contributed by atoms with Crippen LogP contribution in [0.1, 0.15) is 25.8 Å². The monoisotopic (exact) mass is 363 g/mol. The summed E-state index contributed by atoms with van der Waals surface area (Å²) in [5.41, 5.74) is 5.76. The van der Waals surface area contributed by atoms with Crippen molar-refractivity contribution in [3.8, 4) is 0 Å². The van der Waals surface area contributed by atoms with Crippen molar-refractivity contribution in [1.82, 2.24) is 25.1 Å². The maximum absolute atomic E-state index is 4.42. The molecule has 0 saturated carbocycles. The van der Waals surface area contributed by atoms with Gasteiger partial charge in [-0.25, -0.2) is 0 Å². The average Bonchev–Trinajstić information content (AvgIpc) is 2.67. The molecular weight excluding hydrogens is 334 g/mol. The first kappa shape index (κ1) is 18.0. The molecule has 0 radical (unpaired) electrons. The summed E-state index contributed by atoms with van der Waals surface area (Å²) in [5.74, 6) is 0.591. The van der Waals surface area contributed by atoms with Crippen LogP contribution in [0.3, 0.4) is 0 Å². The van der Waals surface area contributed by atoms with E-state index in [9.17, 15) is 0 Å². The third-order valence-corrected chi connectivity index (χ3v) is 5.57. The Labute approximate surface area is 161 Å². The lowest BCUT2D eigenvalue weighted by Crippen LogP contribution is -2.50. The standard InChI is InChI=1S/C22H29N5/c1-16-4-6-20(22(12-16)27-11-10-26(3)15-17(27)2)25-14-18-5-7-19-21(13-18)24-9-8-23-19/h5-9,12-13,16-17,25H,4,10-11,14-15H2,1-3H3/t16?,17-/m1/s1. The predicted octanol–water partition coefficient (Wildman–Crippen LogP) is 3.16. The molecule has 1 aromatic heterocycles. The number of likely N-dealkylation sites (N-methyl/N-ethyl adjacent to an activating group) is 1. The van der Waals surface area contributed by atoms with E-state index < -0.39 is 0 Å². The SMILES string of the molecule is CC1C=C(N2CCN(C)C[C@H]2C)C(NCc2ccc3nccnc3c2)=CC1. The van der Waals surface area contributed by atoms with Gasteiger partial charge in [0.2, 0.25) is 0 Å². The molecule has 1 unspecified atom stereocenters. The van der Waals surface area contributed by atoms with E-state index in [4.69, 9.17) is 0 Å². The molecule has 1 aromatic carbocycles. The smallest absolute Gasteiger partial charge is 0.0890 e. The molecule has 0 spiro atoms. The number of piperazine rings is 1. The van der Waals surface area contributed by atoms with Crippen LogP contribution in [0.4, 0.5) is 0 Å². The highest BCUT2D eigenvalue weighted by Crippen LogP contribution is 2.27. The molecule has 2 atom stereocenters. The largest absolute Gasteiger partial charge is 0.380 e. The first-order valence-corrected chi connectivity index (χ1v) is 9.91. The molecule has 2 heterocycles. The van der Waals surface area contributed by atoms with Crippen LogP contribution in [0.25, 0.3) is 11.0 Å². The first-order chi connectivity index (χ1) is 13.1. The highest BCUT2D eigenvalue weighted by Gasteiger charge is 2.26. The molecule has 0 bridgehead atoms. The number of allylic oxidation sites excluding steroid dienone is 2. The summed E-state index contributed by atoms with van der Waals surface area (Å²) < 4.78 is 0. The molecule has 1 aliphatic heterocycles. The number of hydrogen-bond donors (Lipinski definition) is 1. The third-order valence-electron chi connectivity index (χ3n) is 5.57. The Morgan fingerprint density at radius 1 is 1.11 bits per heavy atom. The Morgan fingerprint density at radius 2 is 1.93 bits per heavy atom. The lowest BCUT2D eigenvalue weighted by Gasteiger charge is -2.42. The van der Waals surface area contributed by atoms with Crippen molar-refractivity contribution >= 4 is 11.0 Å². The number of benzene rings is 1. The molecular formula is C22H29N5. The summed E-state index contributed by atoms with van der Waals surface area (Å²) in [6.07, 6.45) is 9.39. The zero-order valence-corrected chi connectivity index (χ0v) is 16.5. The first-order valence-electron chi connectivity index (χ1n) is 9.91. The van der Waals surface area contributed by atoms with Gasteiger partial charge in [0, 0.05) is 44.6 Å². The molecule has 2 aliphatic rings. The Hall–Kier alpha value is -2.40. The minimum absolute atomic E-state index is 0.529. The molecule has 27 heavy (non-hydrogen) atoms. The van der Waals surface area contributed by atoms with Crippen LogP contribution in [0.5, 0.6) is 0 Å². The number of nitrogens with one attached hydrogen (secondary N) is 1. The second kappa shape index (κ2) is 7.69. The van der Waals surface area contributed by atoms with Crippen molar-refractivity contribution in [1.29, 1.82) is 0 Å². The third kappa shape index (κ3) is 3.98. The molecule has 1 N–H and O–H groups in total. The summed E-state index contributed by atoms with van der Waals surface area (Å²) in [6.45, 7) is 8.74. The van der Waals surface area contributed by atoms with E-state index in [1.807, 2.05) is 0 Å². The van der Waals surface area contributed by atoms with Gasteiger partial charge in [-0.3, -0.25) is 9.97 Å². The van der Waals surface area contributed by atoms with Crippen LogP contribution in [0.2, 0.25) is 0 Å². The maximum Gasteiger partial charge on any atom is 0.0890 e. The molecule has 0 amide bonds. The highest BCUT2D eigenvalue weighted by molar-refractivity contribution is 5.74. The lowest BCUT2D eigenvalue weighted by molar-refractivity contribution is 0.131. The fraction of sp³-hybridized carbons (Fsp3) is 0.455. The minimum atomic E-state index is 0.529. The Bertz CT molecular complexity index is 872. The summed E-state index contributed by atoms with van der Waals surface area (Å²) in [7, 11) is 2.21. The van der Waals surface area contributed by atoms with E-state index in [1.165, 1.54) is 17.0 Å². The van der Waals surface area contributed by atoms with Crippen LogP contribution in [-0.4, -0.2) is 52.5 Å². The molecule has 4 rings (SSSR count). The fourth-order valence-electron chi connectivity index (χ4n) is 4.06. The average molecular weight is 364 g/mol. The Morgan fingerprint density at radius 3 is 2.74 bits per heavy atom. The topological polar surface area (TPSA) is 44.3 Å². The number of fused-ring (bicyclic) bond motifs is 1. The van der Waals surface area contributed by atoms with Crippen LogP contribution < -0.4 is 5.32 Å². The van der Waals surface area contributed by atoms with Gasteiger partial charge in [-0.1, -0.05) is 25.1 Å². The van der Waals surface area contributed by atoms with E-state index in [2.05, 4.69) is 76.3 Å². The number of hydrogen-bond acceptors (Lipinski definition) is 5. The number of aromatic nitrogens is 2. The van der Waals surface area contributed by atoms with Crippen LogP contribution in [0, 0.1) is 5.92 Å². The molecule has 2 aromatic rings. The van der Waals surface area contributed by atoms with E-state index >= 15 is 0 Å². The molecule has 1 fully saturated rings. The summed E-state index contributed by atoms with van der Waals surface area (Å²) in [4.78, 5) is 13.8. The van der Waals surface area contributed by atoms with E-state index in [-0.39, 0.29) is 0 Å². The van der Waals surface area contributed by atoms with Gasteiger partial charge < -0.3 is 15.1 Å². The summed E-state index contributed by atoms with van der Waals surface area (Å²) in [5, 5.41) is 3.69. The molecule has 5 nitrogen and oxygen atoms in total. The highest BCUT2D eigenvalue weighted by atomic mass is 15.3. The number of nitrogens with zero attached hydrogens (tertiary/aromatic N) is 4. The van der Waals surface area contributed by atoms with E-state index in [0.717, 1.165) is 43.6 Å². The van der Waals surface area contributed by atoms with Crippen molar-refractivity contribution in [2.24, 2.45) is 5.92 Å². The van der Waals surface area contributed by atoms with Crippen molar-refractivity contribution in [2.75, 3.05) is 26.7 Å². The van der Waals surface area contributed by atoms with E-state index in [0.29, 0.717) is 12.0 Å². The van der Waals surface area contributed by atoms with Gasteiger partial charge in [0.25, 0.3) is 0 Å².